The van der Waals surface area contributed by atoms with Crippen LogP contribution in [0.2, 0.25) is 0 Å². The molecule has 0 amide bonds. The fourth-order valence-corrected chi connectivity index (χ4v) is 4.27. The quantitative estimate of drug-likeness (QED) is 0.498. The third-order valence-electron chi connectivity index (χ3n) is 5.82. The van der Waals surface area contributed by atoms with E-state index in [1.807, 2.05) is 0 Å². The van der Waals surface area contributed by atoms with Gasteiger partial charge in [-0.1, -0.05) is 52.4 Å². The van der Waals surface area contributed by atoms with Crippen molar-refractivity contribution in [3.63, 3.8) is 0 Å². The van der Waals surface area contributed by atoms with Gasteiger partial charge in [-0.25, -0.2) is 0 Å². The van der Waals surface area contributed by atoms with Gasteiger partial charge in [0, 0.05) is 6.54 Å². The van der Waals surface area contributed by atoms with Crippen molar-refractivity contribution in [1.29, 1.82) is 0 Å². The summed E-state index contributed by atoms with van der Waals surface area (Å²) in [6, 6.07) is 0.877. The van der Waals surface area contributed by atoms with E-state index in [1.54, 1.807) is 7.11 Å². The predicted molar refractivity (Wildman–Crippen MR) is 112 cm³/mol. The zero-order chi connectivity index (χ0) is 19.9. The number of nitrogens with two attached hydrogens (primary N) is 1. The molecule has 0 saturated heterocycles. The largest absolute Gasteiger partial charge is 0.468 e. The molecule has 1 fully saturated rings. The Morgan fingerprint density at radius 3 is 2.57 bits per heavy atom. The van der Waals surface area contributed by atoms with Crippen LogP contribution in [0.1, 0.15) is 71.6 Å². The van der Waals surface area contributed by atoms with Crippen molar-refractivity contribution in [3.05, 3.63) is 0 Å². The van der Waals surface area contributed by atoms with E-state index in [1.165, 1.54) is 44.9 Å². The Morgan fingerprint density at radius 1 is 1.04 bits per heavy atom. The molecule has 2 aromatic rings. The van der Waals surface area contributed by atoms with E-state index in [-0.39, 0.29) is 0 Å². The molecular weight excluding hydrogens is 354 g/mol. The summed E-state index contributed by atoms with van der Waals surface area (Å²) in [5.41, 5.74) is 7.45. The average molecular weight is 390 g/mol. The van der Waals surface area contributed by atoms with Crippen LogP contribution in [0.3, 0.4) is 0 Å². The molecule has 0 bridgehead atoms. The summed E-state index contributed by atoms with van der Waals surface area (Å²) in [5, 5.41) is 0. The number of anilines is 1. The summed E-state index contributed by atoms with van der Waals surface area (Å²) in [6.07, 6.45) is 11.1. The lowest BCUT2D eigenvalue weighted by atomic mass is 9.94. The van der Waals surface area contributed by atoms with Gasteiger partial charge in [0.1, 0.15) is 0 Å². The molecule has 1 aliphatic rings. The van der Waals surface area contributed by atoms with E-state index < -0.39 is 0 Å². The summed E-state index contributed by atoms with van der Waals surface area (Å²) in [4.78, 5) is 13.4. The fourth-order valence-electron chi connectivity index (χ4n) is 4.27. The number of imidazole rings is 1. The van der Waals surface area contributed by atoms with Gasteiger partial charge >= 0.3 is 6.01 Å². The van der Waals surface area contributed by atoms with Crippen molar-refractivity contribution in [2.75, 3.05) is 19.5 Å². The zero-order valence-electron chi connectivity index (χ0n) is 17.6. The average Bonchev–Trinajstić information content (AvgIpc) is 2.88. The topological polar surface area (TPSA) is 88.1 Å². The Balaban J connectivity index is 1.82. The van der Waals surface area contributed by atoms with Crippen LogP contribution in [0.25, 0.3) is 11.2 Å². The molecule has 2 unspecified atom stereocenters. The molecule has 1 saturated carbocycles. The monoisotopic (exact) mass is 389 g/mol. The minimum atomic E-state index is 0.325. The van der Waals surface area contributed by atoms with Crippen molar-refractivity contribution >= 4 is 17.0 Å². The number of unbranched alkanes of at least 4 members (excludes halogenated alkanes) is 1. The Morgan fingerprint density at radius 2 is 1.82 bits per heavy atom. The van der Waals surface area contributed by atoms with E-state index in [9.17, 15) is 0 Å². The van der Waals surface area contributed by atoms with E-state index >= 15 is 0 Å². The first-order chi connectivity index (χ1) is 13.7. The summed E-state index contributed by atoms with van der Waals surface area (Å²) >= 11 is 0. The van der Waals surface area contributed by atoms with Crippen LogP contribution in [-0.4, -0.2) is 33.2 Å². The molecule has 156 valence electrons. The highest BCUT2D eigenvalue weighted by molar-refractivity contribution is 5.83. The standard InChI is InChI=1S/C21H35N5O2/c1-4-6-13-28-20-24-18(22)17-19(25-20)26(21(23-17)27-3)14-16-10-7-9-15(8-5-2)11-12-16/h15-16H,4-14H2,1-3H3,(H2,22,24,25). The molecule has 0 radical (unpaired) electrons. The molecule has 3 rings (SSSR count). The van der Waals surface area contributed by atoms with Crippen LogP contribution >= 0.6 is 0 Å². The number of hydrogen-bond donors (Lipinski definition) is 1. The van der Waals surface area contributed by atoms with Gasteiger partial charge in [-0.05, 0) is 31.1 Å². The third-order valence-corrected chi connectivity index (χ3v) is 5.82. The number of methoxy groups -OCH3 is 1. The van der Waals surface area contributed by atoms with Crippen LogP contribution in [0, 0.1) is 11.8 Å². The first kappa shape index (κ1) is 20.7. The molecule has 1 aliphatic carbocycles. The van der Waals surface area contributed by atoms with Crippen molar-refractivity contribution < 1.29 is 9.47 Å². The molecule has 2 N–H and O–H groups in total. The molecule has 7 nitrogen and oxygen atoms in total. The number of fused-ring (bicyclic) bond motifs is 1. The first-order valence-corrected chi connectivity index (χ1v) is 10.9. The van der Waals surface area contributed by atoms with Gasteiger partial charge in [-0.15, -0.1) is 0 Å². The third kappa shape index (κ3) is 4.86. The summed E-state index contributed by atoms with van der Waals surface area (Å²) in [6.45, 7) is 5.85. The van der Waals surface area contributed by atoms with Crippen molar-refractivity contribution in [2.45, 2.75) is 78.2 Å². The SMILES string of the molecule is CCCCOc1nc(N)c2nc(OC)n(CC3CCCC(CCC)CC3)c2n1. The summed E-state index contributed by atoms with van der Waals surface area (Å²) in [5.74, 6) is 1.83. The molecule has 0 spiro atoms. The second kappa shape index (κ2) is 9.94. The van der Waals surface area contributed by atoms with Crippen LogP contribution in [-0.2, 0) is 6.54 Å². The minimum Gasteiger partial charge on any atom is -0.468 e. The lowest BCUT2D eigenvalue weighted by molar-refractivity contribution is 0.286. The van der Waals surface area contributed by atoms with Crippen molar-refractivity contribution in [1.82, 2.24) is 19.5 Å². The van der Waals surface area contributed by atoms with Gasteiger partial charge in [0.15, 0.2) is 17.0 Å². The molecule has 0 aromatic carbocycles. The number of nitrogens with zero attached hydrogens (tertiary/aromatic N) is 4. The smallest absolute Gasteiger partial charge is 0.320 e. The second-order valence-corrected chi connectivity index (χ2v) is 8.00. The summed E-state index contributed by atoms with van der Waals surface area (Å²) in [7, 11) is 1.64. The van der Waals surface area contributed by atoms with Crippen LogP contribution in [0.15, 0.2) is 0 Å². The second-order valence-electron chi connectivity index (χ2n) is 8.00. The first-order valence-electron chi connectivity index (χ1n) is 10.9. The number of aromatic nitrogens is 4. The van der Waals surface area contributed by atoms with E-state index in [4.69, 9.17) is 15.2 Å². The maximum Gasteiger partial charge on any atom is 0.320 e. The Hall–Kier alpha value is -2.05. The van der Waals surface area contributed by atoms with Gasteiger partial charge in [0.2, 0.25) is 0 Å². The lowest BCUT2D eigenvalue weighted by Crippen LogP contribution is -2.13. The van der Waals surface area contributed by atoms with E-state index in [2.05, 4.69) is 33.4 Å². The van der Waals surface area contributed by atoms with Crippen LogP contribution in [0.5, 0.6) is 12.0 Å². The Bertz CT molecular complexity index is 761. The Kier molecular flexibility index (Phi) is 7.34. The lowest BCUT2D eigenvalue weighted by Gasteiger charge is -2.17. The number of nitrogen functional groups attached to an aromatic ring is 1. The molecule has 2 aromatic heterocycles. The minimum absolute atomic E-state index is 0.325. The van der Waals surface area contributed by atoms with Gasteiger partial charge in [-0.2, -0.15) is 15.0 Å². The Labute approximate surface area is 168 Å². The number of hydrogen-bond acceptors (Lipinski definition) is 6. The maximum absolute atomic E-state index is 6.15. The predicted octanol–water partition coefficient (Wildman–Crippen LogP) is 4.59. The molecule has 7 heteroatoms. The van der Waals surface area contributed by atoms with Crippen molar-refractivity contribution in [2.24, 2.45) is 11.8 Å². The van der Waals surface area contributed by atoms with Gasteiger partial charge in [0.25, 0.3) is 6.01 Å². The number of rotatable bonds is 9. The van der Waals surface area contributed by atoms with Crippen LogP contribution < -0.4 is 15.2 Å². The highest BCUT2D eigenvalue weighted by Crippen LogP contribution is 2.33. The van der Waals surface area contributed by atoms with E-state index in [0.717, 1.165) is 25.3 Å². The van der Waals surface area contributed by atoms with Crippen LogP contribution in [0.4, 0.5) is 5.82 Å². The molecule has 2 atom stereocenters. The van der Waals surface area contributed by atoms with Gasteiger partial charge < -0.3 is 15.2 Å². The fraction of sp³-hybridized carbons (Fsp3) is 0.762. The normalized spacial score (nSPS) is 20.2. The highest BCUT2D eigenvalue weighted by atomic mass is 16.5. The summed E-state index contributed by atoms with van der Waals surface area (Å²) < 4.78 is 13.3. The van der Waals surface area contributed by atoms with Crippen molar-refractivity contribution in [3.8, 4) is 12.0 Å². The van der Waals surface area contributed by atoms with Gasteiger partial charge in [0.05, 0.1) is 13.7 Å². The molecular formula is C21H35N5O2. The van der Waals surface area contributed by atoms with E-state index in [0.29, 0.717) is 41.5 Å². The zero-order valence-corrected chi connectivity index (χ0v) is 17.6. The number of ether oxygens (including phenoxy) is 2. The van der Waals surface area contributed by atoms with Gasteiger partial charge in [-0.3, -0.25) is 4.57 Å². The molecule has 28 heavy (non-hydrogen) atoms. The highest BCUT2D eigenvalue weighted by Gasteiger charge is 2.23. The molecule has 0 aliphatic heterocycles. The molecule has 2 heterocycles. The maximum atomic E-state index is 6.15.